The van der Waals surface area contributed by atoms with Gasteiger partial charge in [-0.1, -0.05) is 30.3 Å². The van der Waals surface area contributed by atoms with E-state index in [-0.39, 0.29) is 11.2 Å². The SMILES string of the molecule is Cc1cc(Nc2ccncc2)n2nc(C(F)(F)F)c(-c3ccccc3)c2n1. The Morgan fingerprint density at radius 1 is 1.00 bits per heavy atom. The quantitative estimate of drug-likeness (QED) is 0.560. The minimum Gasteiger partial charge on any atom is -0.340 e. The van der Waals surface area contributed by atoms with Crippen LogP contribution >= 0.6 is 0 Å². The van der Waals surface area contributed by atoms with Crippen molar-refractivity contribution in [3.8, 4) is 11.1 Å². The summed E-state index contributed by atoms with van der Waals surface area (Å²) in [6.45, 7) is 1.73. The molecule has 0 aliphatic heterocycles. The molecular formula is C19H14F3N5. The molecule has 0 unspecified atom stereocenters. The van der Waals surface area contributed by atoms with Gasteiger partial charge in [0.15, 0.2) is 11.3 Å². The Morgan fingerprint density at radius 2 is 1.70 bits per heavy atom. The highest BCUT2D eigenvalue weighted by atomic mass is 19.4. The number of rotatable bonds is 3. The molecule has 0 atom stereocenters. The first-order valence-electron chi connectivity index (χ1n) is 8.13. The van der Waals surface area contributed by atoms with Crippen LogP contribution in [0.4, 0.5) is 24.7 Å². The highest BCUT2D eigenvalue weighted by Crippen LogP contribution is 2.39. The number of hydrogen-bond acceptors (Lipinski definition) is 4. The Hall–Kier alpha value is -3.42. The molecule has 1 aromatic carbocycles. The maximum Gasteiger partial charge on any atom is 0.435 e. The van der Waals surface area contributed by atoms with Crippen molar-refractivity contribution in [3.05, 3.63) is 72.3 Å². The van der Waals surface area contributed by atoms with Gasteiger partial charge in [0.25, 0.3) is 0 Å². The zero-order valence-corrected chi connectivity index (χ0v) is 14.2. The van der Waals surface area contributed by atoms with Crippen LogP contribution < -0.4 is 5.32 Å². The lowest BCUT2D eigenvalue weighted by Crippen LogP contribution is -2.08. The maximum atomic E-state index is 13.7. The Labute approximate surface area is 152 Å². The fourth-order valence-electron chi connectivity index (χ4n) is 2.88. The summed E-state index contributed by atoms with van der Waals surface area (Å²) in [5.41, 5.74) is 0.805. The summed E-state index contributed by atoms with van der Waals surface area (Å²) in [6.07, 6.45) is -1.43. The minimum absolute atomic E-state index is 0.0374. The van der Waals surface area contributed by atoms with Crippen molar-refractivity contribution >= 4 is 17.2 Å². The Kier molecular flexibility index (Phi) is 4.02. The predicted molar refractivity (Wildman–Crippen MR) is 95.7 cm³/mol. The van der Waals surface area contributed by atoms with Crippen LogP contribution in [-0.2, 0) is 6.18 Å². The van der Waals surface area contributed by atoms with Gasteiger partial charge in [-0.25, -0.2) is 4.98 Å². The predicted octanol–water partition coefficient (Wildman–Crippen LogP) is 4.86. The summed E-state index contributed by atoms with van der Waals surface area (Å²) in [5, 5.41) is 6.93. The highest BCUT2D eigenvalue weighted by molar-refractivity contribution is 5.82. The summed E-state index contributed by atoms with van der Waals surface area (Å²) in [5.74, 6) is 0.386. The van der Waals surface area contributed by atoms with Gasteiger partial charge in [0.05, 0.1) is 5.56 Å². The number of aromatic nitrogens is 4. The van der Waals surface area contributed by atoms with Gasteiger partial charge >= 0.3 is 6.18 Å². The van der Waals surface area contributed by atoms with E-state index in [0.29, 0.717) is 22.8 Å². The Balaban J connectivity index is 1.99. The van der Waals surface area contributed by atoms with Crippen molar-refractivity contribution in [1.82, 2.24) is 19.6 Å². The van der Waals surface area contributed by atoms with Crippen LogP contribution in [0.15, 0.2) is 60.9 Å². The van der Waals surface area contributed by atoms with Crippen LogP contribution in [0.2, 0.25) is 0 Å². The van der Waals surface area contributed by atoms with E-state index >= 15 is 0 Å². The molecule has 27 heavy (non-hydrogen) atoms. The zero-order valence-electron chi connectivity index (χ0n) is 14.2. The topological polar surface area (TPSA) is 55.1 Å². The molecule has 0 fully saturated rings. The average molecular weight is 369 g/mol. The first-order chi connectivity index (χ1) is 12.9. The Morgan fingerprint density at radius 3 is 2.37 bits per heavy atom. The van der Waals surface area contributed by atoms with E-state index in [1.807, 2.05) is 0 Å². The van der Waals surface area contributed by atoms with Crippen LogP contribution in [-0.4, -0.2) is 19.6 Å². The molecular weight excluding hydrogens is 355 g/mol. The van der Waals surface area contributed by atoms with Crippen LogP contribution in [0.3, 0.4) is 0 Å². The van der Waals surface area contributed by atoms with Crippen LogP contribution in [0.5, 0.6) is 0 Å². The molecule has 4 rings (SSSR count). The van der Waals surface area contributed by atoms with E-state index in [1.165, 1.54) is 4.52 Å². The summed E-state index contributed by atoms with van der Waals surface area (Å²) in [6, 6.07) is 13.4. The van der Waals surface area contributed by atoms with Gasteiger partial charge in [0.1, 0.15) is 5.82 Å². The van der Waals surface area contributed by atoms with Crippen molar-refractivity contribution < 1.29 is 13.2 Å². The first kappa shape index (κ1) is 17.0. The Bertz CT molecular complexity index is 1090. The van der Waals surface area contributed by atoms with E-state index in [4.69, 9.17) is 0 Å². The number of fused-ring (bicyclic) bond motifs is 1. The summed E-state index contributed by atoms with van der Waals surface area (Å²) < 4.78 is 42.3. The van der Waals surface area contributed by atoms with E-state index in [9.17, 15) is 13.2 Å². The number of nitrogens with one attached hydrogen (secondary N) is 1. The third-order valence-corrected chi connectivity index (χ3v) is 4.00. The minimum atomic E-state index is -4.61. The second-order valence-corrected chi connectivity index (χ2v) is 5.97. The van der Waals surface area contributed by atoms with Crippen molar-refractivity contribution in [2.45, 2.75) is 13.1 Å². The van der Waals surface area contributed by atoms with Gasteiger partial charge in [0.2, 0.25) is 0 Å². The van der Waals surface area contributed by atoms with Gasteiger partial charge in [-0.15, -0.1) is 0 Å². The van der Waals surface area contributed by atoms with Crippen molar-refractivity contribution in [3.63, 3.8) is 0 Å². The number of anilines is 2. The lowest BCUT2D eigenvalue weighted by molar-refractivity contribution is -0.140. The van der Waals surface area contributed by atoms with Gasteiger partial charge in [-0.3, -0.25) is 4.98 Å². The van der Waals surface area contributed by atoms with E-state index in [1.54, 1.807) is 67.8 Å². The molecule has 5 nitrogen and oxygen atoms in total. The second-order valence-electron chi connectivity index (χ2n) is 5.97. The van der Waals surface area contributed by atoms with E-state index < -0.39 is 11.9 Å². The summed E-state index contributed by atoms with van der Waals surface area (Å²) >= 11 is 0. The van der Waals surface area contributed by atoms with E-state index in [2.05, 4.69) is 20.4 Å². The molecule has 3 aromatic heterocycles. The molecule has 3 heterocycles. The van der Waals surface area contributed by atoms with Crippen LogP contribution in [0.1, 0.15) is 11.4 Å². The maximum absolute atomic E-state index is 13.7. The lowest BCUT2D eigenvalue weighted by atomic mass is 10.1. The molecule has 0 aliphatic carbocycles. The number of aryl methyl sites for hydroxylation is 1. The molecule has 0 radical (unpaired) electrons. The molecule has 0 bridgehead atoms. The smallest absolute Gasteiger partial charge is 0.340 e. The van der Waals surface area contributed by atoms with Gasteiger partial charge in [0, 0.05) is 29.8 Å². The van der Waals surface area contributed by atoms with Crippen molar-refractivity contribution in [2.24, 2.45) is 0 Å². The second kappa shape index (κ2) is 6.39. The largest absolute Gasteiger partial charge is 0.435 e. The van der Waals surface area contributed by atoms with Crippen molar-refractivity contribution in [2.75, 3.05) is 5.32 Å². The highest BCUT2D eigenvalue weighted by Gasteiger charge is 2.39. The number of nitrogens with zero attached hydrogens (tertiary/aromatic N) is 4. The number of hydrogen-bond donors (Lipinski definition) is 1. The molecule has 0 saturated carbocycles. The summed E-state index contributed by atoms with van der Waals surface area (Å²) in [7, 11) is 0. The monoisotopic (exact) mass is 369 g/mol. The average Bonchev–Trinajstić information content (AvgIpc) is 3.03. The van der Waals surface area contributed by atoms with Gasteiger partial charge in [-0.2, -0.15) is 22.8 Å². The molecule has 1 N–H and O–H groups in total. The van der Waals surface area contributed by atoms with Crippen LogP contribution in [0.25, 0.3) is 16.8 Å². The van der Waals surface area contributed by atoms with Gasteiger partial charge < -0.3 is 5.32 Å². The molecule has 0 saturated heterocycles. The third kappa shape index (κ3) is 3.21. The van der Waals surface area contributed by atoms with Crippen LogP contribution in [0, 0.1) is 6.92 Å². The number of alkyl halides is 3. The number of pyridine rings is 1. The fourth-order valence-corrected chi connectivity index (χ4v) is 2.88. The number of benzene rings is 1. The number of halogens is 3. The molecule has 4 aromatic rings. The molecule has 136 valence electrons. The fraction of sp³-hybridized carbons (Fsp3) is 0.105. The standard InChI is InChI=1S/C19H14F3N5/c1-12-11-15(25-14-7-9-23-10-8-14)27-18(24-12)16(13-5-3-2-4-6-13)17(26-27)19(20,21)22/h2-11H,1H3,(H,23,25). The molecule has 0 spiro atoms. The lowest BCUT2D eigenvalue weighted by Gasteiger charge is -2.09. The third-order valence-electron chi connectivity index (χ3n) is 4.00. The van der Waals surface area contributed by atoms with E-state index in [0.717, 1.165) is 0 Å². The summed E-state index contributed by atoms with van der Waals surface area (Å²) in [4.78, 5) is 8.27. The molecule has 0 aliphatic rings. The normalized spacial score (nSPS) is 11.7. The molecule has 8 heteroatoms. The zero-order chi connectivity index (χ0) is 19.0. The van der Waals surface area contributed by atoms with Crippen molar-refractivity contribution in [1.29, 1.82) is 0 Å². The van der Waals surface area contributed by atoms with Gasteiger partial charge in [-0.05, 0) is 24.6 Å². The first-order valence-corrected chi connectivity index (χ1v) is 8.13. The molecule has 0 amide bonds.